The van der Waals surface area contributed by atoms with E-state index in [0.717, 1.165) is 24.1 Å². The fourth-order valence-electron chi connectivity index (χ4n) is 3.63. The Morgan fingerprint density at radius 3 is 2.93 bits per heavy atom. The highest BCUT2D eigenvalue weighted by Crippen LogP contribution is 2.40. The normalized spacial score (nSPS) is 17.5. The van der Waals surface area contributed by atoms with Crippen LogP contribution < -0.4 is 5.32 Å². The van der Waals surface area contributed by atoms with Gasteiger partial charge in [-0.05, 0) is 38.3 Å². The highest BCUT2D eigenvalue weighted by molar-refractivity contribution is 6.29. The molecule has 1 saturated carbocycles. The summed E-state index contributed by atoms with van der Waals surface area (Å²) < 4.78 is 5.79. The van der Waals surface area contributed by atoms with Crippen molar-refractivity contribution in [2.24, 2.45) is 0 Å². The molecule has 0 saturated heterocycles. The van der Waals surface area contributed by atoms with E-state index in [1.807, 2.05) is 0 Å². The van der Waals surface area contributed by atoms with Crippen molar-refractivity contribution in [3.63, 3.8) is 0 Å². The summed E-state index contributed by atoms with van der Waals surface area (Å²) in [6, 6.07) is 1.77. The number of halogens is 1. The van der Waals surface area contributed by atoms with Gasteiger partial charge < -0.3 is 14.6 Å². The molecule has 3 aromatic heterocycles. The summed E-state index contributed by atoms with van der Waals surface area (Å²) >= 11 is 5.98. The van der Waals surface area contributed by atoms with E-state index >= 15 is 0 Å². The molecule has 4 heterocycles. The van der Waals surface area contributed by atoms with Crippen LogP contribution in [0.2, 0.25) is 5.15 Å². The van der Waals surface area contributed by atoms with Gasteiger partial charge in [-0.3, -0.25) is 4.79 Å². The molecule has 1 aliphatic carbocycles. The van der Waals surface area contributed by atoms with Gasteiger partial charge in [0, 0.05) is 25.0 Å². The molecule has 3 aromatic rings. The smallest absolute Gasteiger partial charge is 0.258 e. The molecule has 9 heteroatoms. The number of aromatic nitrogens is 4. The molecular formula is C19H19ClN6O2. The average molecular weight is 399 g/mol. The van der Waals surface area contributed by atoms with Crippen LogP contribution in [0.4, 0.5) is 5.82 Å². The molecule has 0 spiro atoms. The van der Waals surface area contributed by atoms with Crippen molar-refractivity contribution in [3.05, 3.63) is 40.1 Å². The van der Waals surface area contributed by atoms with E-state index in [0.29, 0.717) is 52.9 Å². The number of fused-ring (bicyclic) bond motifs is 2. The number of amides is 1. The first-order valence-electron chi connectivity index (χ1n) is 9.26. The Labute approximate surface area is 166 Å². The Morgan fingerprint density at radius 1 is 1.32 bits per heavy atom. The fraction of sp³-hybridized carbons (Fsp3) is 0.421. The monoisotopic (exact) mass is 398 g/mol. The van der Waals surface area contributed by atoms with E-state index in [1.54, 1.807) is 17.9 Å². The molecule has 1 fully saturated rings. The lowest BCUT2D eigenvalue weighted by Gasteiger charge is -2.28. The van der Waals surface area contributed by atoms with Gasteiger partial charge in [0.25, 0.3) is 5.91 Å². The van der Waals surface area contributed by atoms with Crippen LogP contribution in [0.15, 0.2) is 16.8 Å². The third-order valence-electron chi connectivity index (χ3n) is 5.50. The van der Waals surface area contributed by atoms with Gasteiger partial charge in [-0.25, -0.2) is 9.97 Å². The van der Waals surface area contributed by atoms with Crippen LogP contribution in [0.1, 0.15) is 47.1 Å². The maximum absolute atomic E-state index is 13.4. The van der Waals surface area contributed by atoms with Gasteiger partial charge in [-0.1, -0.05) is 11.6 Å². The quantitative estimate of drug-likeness (QED) is 0.723. The summed E-state index contributed by atoms with van der Waals surface area (Å²) in [4.78, 5) is 23.8. The molecule has 0 radical (unpaired) electrons. The van der Waals surface area contributed by atoms with E-state index < -0.39 is 0 Å². The van der Waals surface area contributed by atoms with Crippen molar-refractivity contribution in [1.82, 2.24) is 25.1 Å². The predicted octanol–water partition coefficient (Wildman–Crippen LogP) is 3.14. The Morgan fingerprint density at radius 2 is 2.14 bits per heavy atom. The molecule has 144 valence electrons. The van der Waals surface area contributed by atoms with Gasteiger partial charge in [0.15, 0.2) is 5.15 Å². The number of nitrogens with one attached hydrogen (secondary N) is 1. The molecule has 1 N–H and O–H groups in total. The summed E-state index contributed by atoms with van der Waals surface area (Å²) in [5.74, 6) is 1.09. The van der Waals surface area contributed by atoms with Gasteiger partial charge in [-0.15, -0.1) is 5.10 Å². The predicted molar refractivity (Wildman–Crippen MR) is 103 cm³/mol. The molecule has 2 aliphatic rings. The fourth-order valence-corrected chi connectivity index (χ4v) is 3.80. The van der Waals surface area contributed by atoms with Crippen molar-refractivity contribution in [2.75, 3.05) is 11.9 Å². The number of nitrogens with zero attached hydrogens (tertiary/aromatic N) is 5. The molecule has 1 amide bonds. The van der Waals surface area contributed by atoms with E-state index in [-0.39, 0.29) is 11.4 Å². The van der Waals surface area contributed by atoms with Crippen molar-refractivity contribution in [3.8, 4) is 0 Å². The number of anilines is 1. The highest BCUT2D eigenvalue weighted by Gasteiger charge is 2.39. The molecule has 8 nitrogen and oxygen atoms in total. The van der Waals surface area contributed by atoms with E-state index in [4.69, 9.17) is 16.0 Å². The van der Waals surface area contributed by atoms with Crippen LogP contribution in [0.3, 0.4) is 0 Å². The van der Waals surface area contributed by atoms with E-state index in [1.165, 1.54) is 6.33 Å². The SMILES string of the molecule is Cc1oc2ncnc(NC3(C)CC3)c2c1C(=O)N1CCc2nnc(Cl)cc2C1. The Balaban J connectivity index is 1.54. The van der Waals surface area contributed by atoms with E-state index in [9.17, 15) is 4.79 Å². The number of aryl methyl sites for hydroxylation is 1. The lowest BCUT2D eigenvalue weighted by atomic mass is 10.0. The lowest BCUT2D eigenvalue weighted by Crippen LogP contribution is -2.36. The number of hydrogen-bond donors (Lipinski definition) is 1. The number of carbonyl (C=O) groups is 1. The Bertz CT molecular complexity index is 1110. The Kier molecular flexibility index (Phi) is 3.80. The maximum atomic E-state index is 13.4. The zero-order valence-corrected chi connectivity index (χ0v) is 16.4. The summed E-state index contributed by atoms with van der Waals surface area (Å²) in [5, 5.41) is 12.5. The number of carbonyl (C=O) groups excluding carboxylic acids is 1. The molecule has 28 heavy (non-hydrogen) atoms. The van der Waals surface area contributed by atoms with E-state index in [2.05, 4.69) is 32.4 Å². The summed E-state index contributed by atoms with van der Waals surface area (Å²) in [6.45, 7) is 4.92. The van der Waals surface area contributed by atoms with Crippen LogP contribution in [-0.2, 0) is 13.0 Å². The van der Waals surface area contributed by atoms with Crippen molar-refractivity contribution in [2.45, 2.75) is 45.2 Å². The van der Waals surface area contributed by atoms with Crippen LogP contribution in [-0.4, -0.2) is 43.1 Å². The molecule has 0 atom stereocenters. The topological polar surface area (TPSA) is 97.0 Å². The van der Waals surface area contributed by atoms with Gasteiger partial charge >= 0.3 is 0 Å². The van der Waals surface area contributed by atoms with Gasteiger partial charge in [0.05, 0.1) is 16.6 Å². The lowest BCUT2D eigenvalue weighted by molar-refractivity contribution is 0.0733. The van der Waals surface area contributed by atoms with Crippen molar-refractivity contribution in [1.29, 1.82) is 0 Å². The summed E-state index contributed by atoms with van der Waals surface area (Å²) in [5.41, 5.74) is 2.76. The highest BCUT2D eigenvalue weighted by atomic mass is 35.5. The molecule has 0 bridgehead atoms. The Hall–Kier alpha value is -2.74. The second kappa shape index (κ2) is 6.13. The van der Waals surface area contributed by atoms with Gasteiger partial charge in [0.2, 0.25) is 5.71 Å². The first-order chi connectivity index (χ1) is 13.4. The third-order valence-corrected chi connectivity index (χ3v) is 5.68. The molecular weight excluding hydrogens is 380 g/mol. The third kappa shape index (κ3) is 2.88. The average Bonchev–Trinajstić information content (AvgIpc) is 3.29. The molecule has 0 unspecified atom stereocenters. The molecule has 1 aliphatic heterocycles. The largest absolute Gasteiger partial charge is 0.442 e. The molecule has 5 rings (SSSR count). The van der Waals surface area contributed by atoms with Crippen LogP contribution in [0, 0.1) is 6.92 Å². The number of hydrogen-bond acceptors (Lipinski definition) is 7. The van der Waals surface area contributed by atoms with Crippen molar-refractivity contribution < 1.29 is 9.21 Å². The minimum absolute atomic E-state index is 0.0201. The standard InChI is InChI=1S/C19H19ClN6O2/c1-10-14(15-16(23-19(2)4-5-19)21-9-22-17(15)28-10)18(27)26-6-3-12-11(8-26)7-13(20)25-24-12/h7,9H,3-6,8H2,1-2H3,(H,21,22,23). The summed E-state index contributed by atoms with van der Waals surface area (Å²) in [7, 11) is 0. The summed E-state index contributed by atoms with van der Waals surface area (Å²) in [6.07, 6.45) is 4.25. The van der Waals surface area contributed by atoms with Crippen LogP contribution in [0.25, 0.3) is 11.1 Å². The first kappa shape index (κ1) is 17.4. The zero-order valence-electron chi connectivity index (χ0n) is 15.6. The maximum Gasteiger partial charge on any atom is 0.258 e. The van der Waals surface area contributed by atoms with Crippen molar-refractivity contribution >= 4 is 34.4 Å². The zero-order chi connectivity index (χ0) is 19.5. The van der Waals surface area contributed by atoms with Gasteiger partial charge in [0.1, 0.15) is 17.9 Å². The first-order valence-corrected chi connectivity index (χ1v) is 9.64. The minimum atomic E-state index is -0.103. The second-order valence-electron chi connectivity index (χ2n) is 7.74. The number of rotatable bonds is 3. The molecule has 0 aromatic carbocycles. The minimum Gasteiger partial charge on any atom is -0.442 e. The van der Waals surface area contributed by atoms with Gasteiger partial charge in [-0.2, -0.15) is 5.10 Å². The number of furan rings is 1. The van der Waals surface area contributed by atoms with Crippen LogP contribution in [0.5, 0.6) is 0 Å². The van der Waals surface area contributed by atoms with Crippen LogP contribution >= 0.6 is 11.6 Å². The second-order valence-corrected chi connectivity index (χ2v) is 8.12.